The first kappa shape index (κ1) is 13.5. The summed E-state index contributed by atoms with van der Waals surface area (Å²) in [6, 6.07) is 12.1. The highest BCUT2D eigenvalue weighted by atomic mass is 35.5. The standard InChI is InChI=1S/C15H16ClN3S/c1-11-14-3-2-8-18(14)9-10-19(11)15(20)17-13-6-4-12(16)5-7-13/h2-8,11H,9-10H2,1H3,(H,17,20). The molecular formula is C15H16ClN3S. The minimum Gasteiger partial charge on any atom is -0.348 e. The van der Waals surface area contributed by atoms with E-state index in [1.165, 1.54) is 5.69 Å². The van der Waals surface area contributed by atoms with Gasteiger partial charge in [0.25, 0.3) is 0 Å². The average molecular weight is 306 g/mol. The summed E-state index contributed by atoms with van der Waals surface area (Å²) in [7, 11) is 0. The minimum atomic E-state index is 0.283. The number of aromatic nitrogens is 1. The lowest BCUT2D eigenvalue weighted by molar-refractivity contribution is 0.276. The normalized spacial score (nSPS) is 17.7. The molecule has 2 aromatic rings. The Balaban J connectivity index is 1.73. The van der Waals surface area contributed by atoms with Crippen molar-refractivity contribution >= 4 is 34.6 Å². The van der Waals surface area contributed by atoms with Crippen LogP contribution in [-0.4, -0.2) is 21.1 Å². The molecule has 1 unspecified atom stereocenters. The van der Waals surface area contributed by atoms with Gasteiger partial charge in [0, 0.05) is 35.7 Å². The van der Waals surface area contributed by atoms with Gasteiger partial charge in [0.15, 0.2) is 5.11 Å². The van der Waals surface area contributed by atoms with Gasteiger partial charge in [-0.15, -0.1) is 0 Å². The second-order valence-electron chi connectivity index (χ2n) is 4.93. The molecule has 5 heteroatoms. The number of rotatable bonds is 1. The van der Waals surface area contributed by atoms with Crippen molar-refractivity contribution in [3.8, 4) is 0 Å². The first-order valence-electron chi connectivity index (χ1n) is 6.63. The lowest BCUT2D eigenvalue weighted by Crippen LogP contribution is -2.42. The number of thiocarbonyl (C=S) groups is 1. The van der Waals surface area contributed by atoms with Crippen molar-refractivity contribution in [1.82, 2.24) is 9.47 Å². The third kappa shape index (κ3) is 2.53. The van der Waals surface area contributed by atoms with E-state index in [0.29, 0.717) is 0 Å². The van der Waals surface area contributed by atoms with Crippen LogP contribution in [0.2, 0.25) is 5.02 Å². The molecule has 0 amide bonds. The van der Waals surface area contributed by atoms with E-state index in [1.807, 2.05) is 24.3 Å². The molecule has 0 saturated heterocycles. The van der Waals surface area contributed by atoms with Crippen LogP contribution in [0.25, 0.3) is 0 Å². The van der Waals surface area contributed by atoms with E-state index in [0.717, 1.165) is 28.9 Å². The van der Waals surface area contributed by atoms with Crippen LogP contribution >= 0.6 is 23.8 Å². The summed E-state index contributed by atoms with van der Waals surface area (Å²) < 4.78 is 2.28. The zero-order valence-corrected chi connectivity index (χ0v) is 12.8. The molecule has 1 aliphatic heterocycles. The van der Waals surface area contributed by atoms with Crippen LogP contribution in [0, 0.1) is 0 Å². The van der Waals surface area contributed by atoms with Gasteiger partial charge in [-0.25, -0.2) is 0 Å². The molecular weight excluding hydrogens is 290 g/mol. The zero-order valence-electron chi connectivity index (χ0n) is 11.2. The van der Waals surface area contributed by atoms with Gasteiger partial charge >= 0.3 is 0 Å². The fourth-order valence-corrected chi connectivity index (χ4v) is 3.08. The molecule has 1 N–H and O–H groups in total. The average Bonchev–Trinajstić information content (AvgIpc) is 2.91. The van der Waals surface area contributed by atoms with E-state index in [2.05, 4.69) is 40.0 Å². The Morgan fingerprint density at radius 3 is 2.75 bits per heavy atom. The largest absolute Gasteiger partial charge is 0.348 e. The summed E-state index contributed by atoms with van der Waals surface area (Å²) in [4.78, 5) is 2.22. The molecule has 0 aliphatic carbocycles. The molecule has 3 rings (SSSR count). The molecule has 3 nitrogen and oxygen atoms in total. The fraction of sp³-hybridized carbons (Fsp3) is 0.267. The predicted octanol–water partition coefficient (Wildman–Crippen LogP) is 3.92. The molecule has 20 heavy (non-hydrogen) atoms. The van der Waals surface area contributed by atoms with Gasteiger partial charge in [-0.1, -0.05) is 11.6 Å². The summed E-state index contributed by atoms with van der Waals surface area (Å²) in [6.45, 7) is 4.07. The second-order valence-corrected chi connectivity index (χ2v) is 5.76. The Bertz CT molecular complexity index is 620. The van der Waals surface area contributed by atoms with Crippen molar-refractivity contribution in [3.05, 3.63) is 53.3 Å². The molecule has 104 valence electrons. The van der Waals surface area contributed by atoms with Gasteiger partial charge in [-0.2, -0.15) is 0 Å². The Morgan fingerprint density at radius 2 is 2.00 bits per heavy atom. The summed E-state index contributed by atoms with van der Waals surface area (Å²) >= 11 is 11.4. The van der Waals surface area contributed by atoms with Gasteiger partial charge in [0.05, 0.1) is 6.04 Å². The first-order chi connectivity index (χ1) is 9.65. The maximum atomic E-state index is 5.89. The Labute approximate surface area is 129 Å². The van der Waals surface area contributed by atoms with Crippen LogP contribution in [0.15, 0.2) is 42.6 Å². The number of benzene rings is 1. The minimum absolute atomic E-state index is 0.283. The monoisotopic (exact) mass is 305 g/mol. The van der Waals surface area contributed by atoms with Crippen molar-refractivity contribution < 1.29 is 0 Å². The SMILES string of the molecule is CC1c2cccn2CCN1C(=S)Nc1ccc(Cl)cc1. The van der Waals surface area contributed by atoms with Crippen LogP contribution in [-0.2, 0) is 6.54 Å². The highest BCUT2D eigenvalue weighted by molar-refractivity contribution is 7.80. The van der Waals surface area contributed by atoms with Gasteiger partial charge in [0.2, 0.25) is 0 Å². The van der Waals surface area contributed by atoms with Crippen molar-refractivity contribution in [1.29, 1.82) is 0 Å². The third-order valence-electron chi connectivity index (χ3n) is 3.70. The Kier molecular flexibility index (Phi) is 3.68. The third-order valence-corrected chi connectivity index (χ3v) is 4.29. The Hall–Kier alpha value is -1.52. The van der Waals surface area contributed by atoms with Crippen LogP contribution in [0.4, 0.5) is 5.69 Å². The smallest absolute Gasteiger partial charge is 0.174 e. The Morgan fingerprint density at radius 1 is 1.25 bits per heavy atom. The number of nitrogens with one attached hydrogen (secondary N) is 1. The van der Waals surface area contributed by atoms with Gasteiger partial charge in [-0.05, 0) is 55.5 Å². The van der Waals surface area contributed by atoms with Crippen molar-refractivity contribution in [2.45, 2.75) is 19.5 Å². The number of hydrogen-bond donors (Lipinski definition) is 1. The second kappa shape index (κ2) is 5.46. The van der Waals surface area contributed by atoms with E-state index in [9.17, 15) is 0 Å². The molecule has 1 aliphatic rings. The highest BCUT2D eigenvalue weighted by Crippen LogP contribution is 2.26. The molecule has 0 spiro atoms. The topological polar surface area (TPSA) is 20.2 Å². The number of hydrogen-bond acceptors (Lipinski definition) is 1. The van der Waals surface area contributed by atoms with Gasteiger partial charge in [-0.3, -0.25) is 0 Å². The van der Waals surface area contributed by atoms with E-state index in [1.54, 1.807) is 0 Å². The van der Waals surface area contributed by atoms with Crippen LogP contribution in [0.1, 0.15) is 18.7 Å². The maximum Gasteiger partial charge on any atom is 0.174 e. The lowest BCUT2D eigenvalue weighted by Gasteiger charge is -2.36. The first-order valence-corrected chi connectivity index (χ1v) is 7.42. The summed E-state index contributed by atoms with van der Waals surface area (Å²) in [5, 5.41) is 4.77. The predicted molar refractivity (Wildman–Crippen MR) is 87.2 cm³/mol. The van der Waals surface area contributed by atoms with Crippen LogP contribution in [0.5, 0.6) is 0 Å². The molecule has 2 heterocycles. The van der Waals surface area contributed by atoms with Crippen LogP contribution in [0.3, 0.4) is 0 Å². The van der Waals surface area contributed by atoms with Crippen molar-refractivity contribution in [2.24, 2.45) is 0 Å². The van der Waals surface area contributed by atoms with Gasteiger partial charge < -0.3 is 14.8 Å². The molecule has 0 fully saturated rings. The van der Waals surface area contributed by atoms with E-state index in [-0.39, 0.29) is 6.04 Å². The van der Waals surface area contributed by atoms with E-state index < -0.39 is 0 Å². The van der Waals surface area contributed by atoms with Gasteiger partial charge in [0.1, 0.15) is 0 Å². The number of fused-ring (bicyclic) bond motifs is 1. The summed E-state index contributed by atoms with van der Waals surface area (Å²) in [5.74, 6) is 0. The van der Waals surface area contributed by atoms with Crippen LogP contribution < -0.4 is 5.32 Å². The summed E-state index contributed by atoms with van der Waals surface area (Å²) in [6.07, 6.45) is 2.12. The zero-order chi connectivity index (χ0) is 14.1. The van der Waals surface area contributed by atoms with Crippen molar-refractivity contribution in [2.75, 3.05) is 11.9 Å². The molecule has 1 aromatic carbocycles. The molecule has 0 saturated carbocycles. The summed E-state index contributed by atoms with van der Waals surface area (Å²) in [5.41, 5.74) is 2.27. The molecule has 0 radical (unpaired) electrons. The quantitative estimate of drug-likeness (QED) is 0.807. The molecule has 0 bridgehead atoms. The highest BCUT2D eigenvalue weighted by Gasteiger charge is 2.25. The molecule has 1 atom stereocenters. The fourth-order valence-electron chi connectivity index (χ4n) is 2.58. The number of nitrogens with zero attached hydrogens (tertiary/aromatic N) is 2. The van der Waals surface area contributed by atoms with Crippen molar-refractivity contribution in [3.63, 3.8) is 0 Å². The molecule has 1 aromatic heterocycles. The van der Waals surface area contributed by atoms with E-state index >= 15 is 0 Å². The maximum absolute atomic E-state index is 5.89. The lowest BCUT2D eigenvalue weighted by atomic mass is 10.1. The number of halogens is 1. The number of anilines is 1. The van der Waals surface area contributed by atoms with E-state index in [4.69, 9.17) is 23.8 Å².